The number of amides is 1. The Morgan fingerprint density at radius 1 is 1.21 bits per heavy atom. The Labute approximate surface area is 86.6 Å². The van der Waals surface area contributed by atoms with E-state index in [1.54, 1.807) is 11.8 Å². The molecular weight excluding hydrogens is 194 g/mol. The summed E-state index contributed by atoms with van der Waals surface area (Å²) < 4.78 is 0. The minimum atomic E-state index is 0.0659. The number of fused-ring (bicyclic) bond motifs is 1. The molecule has 2 aliphatic heterocycles. The Morgan fingerprint density at radius 3 is 2.79 bits per heavy atom. The molecule has 1 aromatic carbocycles. The molecule has 2 atom stereocenters. The van der Waals surface area contributed by atoms with E-state index in [1.807, 2.05) is 46.8 Å². The fraction of sp³-hybridized carbons (Fsp3) is 0.182. The van der Waals surface area contributed by atoms with Crippen molar-refractivity contribution in [3.8, 4) is 0 Å². The van der Waals surface area contributed by atoms with Gasteiger partial charge >= 0.3 is 0 Å². The van der Waals surface area contributed by atoms with Crippen LogP contribution in [0.3, 0.4) is 0 Å². The molecule has 1 fully saturated rings. The standard InChI is InChI=1S/C11H9NOS/c13-10-9(8-4-2-1-3-5-8)11-12(10)6-7-14-11/h1-7,9,11H/t9?,11-/m0/s1. The molecule has 1 aromatic rings. The number of hydrogen-bond donors (Lipinski definition) is 0. The molecule has 1 saturated heterocycles. The van der Waals surface area contributed by atoms with Crippen molar-refractivity contribution in [3.05, 3.63) is 47.5 Å². The third kappa shape index (κ3) is 0.960. The van der Waals surface area contributed by atoms with Crippen LogP contribution in [0.4, 0.5) is 0 Å². The normalized spacial score (nSPS) is 28.9. The van der Waals surface area contributed by atoms with E-state index in [9.17, 15) is 4.79 Å². The van der Waals surface area contributed by atoms with E-state index in [4.69, 9.17) is 0 Å². The molecule has 2 heterocycles. The Balaban J connectivity index is 1.92. The third-order valence-corrected chi connectivity index (χ3v) is 3.73. The van der Waals surface area contributed by atoms with Crippen LogP contribution in [0.5, 0.6) is 0 Å². The molecule has 0 spiro atoms. The Bertz CT molecular complexity index is 401. The van der Waals surface area contributed by atoms with E-state index < -0.39 is 0 Å². The van der Waals surface area contributed by atoms with Gasteiger partial charge in [0.1, 0.15) is 5.37 Å². The van der Waals surface area contributed by atoms with Crippen LogP contribution in [0.25, 0.3) is 0 Å². The van der Waals surface area contributed by atoms with Gasteiger partial charge in [0.05, 0.1) is 5.92 Å². The van der Waals surface area contributed by atoms with E-state index >= 15 is 0 Å². The van der Waals surface area contributed by atoms with Crippen LogP contribution in [0.1, 0.15) is 11.5 Å². The van der Waals surface area contributed by atoms with Crippen molar-refractivity contribution in [1.29, 1.82) is 0 Å². The van der Waals surface area contributed by atoms with Crippen LogP contribution < -0.4 is 0 Å². The molecule has 2 aliphatic rings. The van der Waals surface area contributed by atoms with Gasteiger partial charge in [-0.15, -0.1) is 11.8 Å². The lowest BCUT2D eigenvalue weighted by molar-refractivity contribution is -0.140. The number of carbonyl (C=O) groups is 1. The molecule has 3 rings (SSSR count). The van der Waals surface area contributed by atoms with Gasteiger partial charge in [-0.25, -0.2) is 0 Å². The summed E-state index contributed by atoms with van der Waals surface area (Å²) in [5.41, 5.74) is 1.13. The first-order chi connectivity index (χ1) is 6.88. The molecule has 0 radical (unpaired) electrons. The van der Waals surface area contributed by atoms with Crippen molar-refractivity contribution >= 4 is 17.7 Å². The highest BCUT2D eigenvalue weighted by molar-refractivity contribution is 8.03. The molecule has 14 heavy (non-hydrogen) atoms. The lowest BCUT2D eigenvalue weighted by Gasteiger charge is -2.41. The highest BCUT2D eigenvalue weighted by atomic mass is 32.2. The fourth-order valence-corrected chi connectivity index (χ4v) is 3.04. The maximum atomic E-state index is 11.7. The van der Waals surface area contributed by atoms with E-state index in [-0.39, 0.29) is 11.8 Å². The highest BCUT2D eigenvalue weighted by Gasteiger charge is 2.49. The van der Waals surface area contributed by atoms with Crippen molar-refractivity contribution in [3.63, 3.8) is 0 Å². The molecule has 3 heteroatoms. The maximum Gasteiger partial charge on any atom is 0.238 e. The summed E-state index contributed by atoms with van der Waals surface area (Å²) >= 11 is 1.72. The van der Waals surface area contributed by atoms with E-state index in [1.165, 1.54) is 0 Å². The van der Waals surface area contributed by atoms with Crippen LogP contribution in [0.15, 0.2) is 41.9 Å². The molecule has 0 aliphatic carbocycles. The van der Waals surface area contributed by atoms with Gasteiger partial charge in [0.15, 0.2) is 0 Å². The smallest absolute Gasteiger partial charge is 0.238 e. The summed E-state index contributed by atoms with van der Waals surface area (Å²) in [5.74, 6) is 0.290. The molecule has 0 saturated carbocycles. The number of carbonyl (C=O) groups excluding carboxylic acids is 1. The predicted octanol–water partition coefficient (Wildman–Crippen LogP) is 2.16. The second kappa shape index (κ2) is 2.89. The number of benzene rings is 1. The van der Waals surface area contributed by atoms with Crippen molar-refractivity contribution in [2.75, 3.05) is 0 Å². The van der Waals surface area contributed by atoms with Gasteiger partial charge in [-0.3, -0.25) is 4.79 Å². The summed E-state index contributed by atoms with van der Waals surface area (Å²) in [7, 11) is 0. The minimum absolute atomic E-state index is 0.0659. The first-order valence-corrected chi connectivity index (χ1v) is 5.51. The molecule has 70 valence electrons. The first-order valence-electron chi connectivity index (χ1n) is 4.57. The van der Waals surface area contributed by atoms with E-state index in [0.29, 0.717) is 5.37 Å². The molecule has 0 bridgehead atoms. The van der Waals surface area contributed by atoms with Gasteiger partial charge in [0, 0.05) is 6.20 Å². The lowest BCUT2D eigenvalue weighted by atomic mass is 9.90. The zero-order valence-corrected chi connectivity index (χ0v) is 8.28. The van der Waals surface area contributed by atoms with Crippen molar-refractivity contribution in [2.24, 2.45) is 0 Å². The average Bonchev–Trinajstić information content (AvgIpc) is 2.63. The SMILES string of the molecule is O=C1C(c2ccccc2)[C@@H]2SC=CN12. The predicted molar refractivity (Wildman–Crippen MR) is 56.5 cm³/mol. The Kier molecular flexibility index (Phi) is 1.67. The molecular formula is C11H9NOS. The van der Waals surface area contributed by atoms with E-state index in [2.05, 4.69) is 0 Å². The molecule has 2 nitrogen and oxygen atoms in total. The molecule has 0 N–H and O–H groups in total. The highest BCUT2D eigenvalue weighted by Crippen LogP contribution is 2.46. The summed E-state index contributed by atoms with van der Waals surface area (Å²) in [4.78, 5) is 13.5. The van der Waals surface area contributed by atoms with Crippen LogP contribution in [0, 0.1) is 0 Å². The first kappa shape index (κ1) is 8.12. The monoisotopic (exact) mass is 203 g/mol. The number of rotatable bonds is 1. The summed E-state index contributed by atoms with van der Waals surface area (Å²) in [6, 6.07) is 10.00. The second-order valence-corrected chi connectivity index (χ2v) is 4.47. The third-order valence-electron chi connectivity index (χ3n) is 2.68. The van der Waals surface area contributed by atoms with Gasteiger partial charge in [-0.1, -0.05) is 30.3 Å². The van der Waals surface area contributed by atoms with Crippen molar-refractivity contribution in [1.82, 2.24) is 4.90 Å². The molecule has 1 unspecified atom stereocenters. The molecule has 0 aromatic heterocycles. The van der Waals surface area contributed by atoms with Crippen LogP contribution in [-0.2, 0) is 4.79 Å². The van der Waals surface area contributed by atoms with Gasteiger partial charge < -0.3 is 4.90 Å². The summed E-state index contributed by atoms with van der Waals surface area (Å²) in [5, 5.41) is 2.30. The minimum Gasteiger partial charge on any atom is -0.304 e. The van der Waals surface area contributed by atoms with Gasteiger partial charge in [-0.05, 0) is 11.0 Å². The van der Waals surface area contributed by atoms with Crippen LogP contribution in [-0.4, -0.2) is 16.2 Å². The van der Waals surface area contributed by atoms with Gasteiger partial charge in [0.2, 0.25) is 5.91 Å². The Hall–Kier alpha value is -1.22. The Morgan fingerprint density at radius 2 is 2.00 bits per heavy atom. The average molecular weight is 203 g/mol. The topological polar surface area (TPSA) is 20.3 Å². The van der Waals surface area contributed by atoms with Crippen molar-refractivity contribution in [2.45, 2.75) is 11.3 Å². The quantitative estimate of drug-likeness (QED) is 0.652. The van der Waals surface area contributed by atoms with Gasteiger partial charge in [0.25, 0.3) is 0 Å². The zero-order chi connectivity index (χ0) is 9.54. The maximum absolute atomic E-state index is 11.7. The number of β-lactam (4-membered cyclic amide) rings is 1. The molecule has 1 amide bonds. The largest absolute Gasteiger partial charge is 0.304 e. The van der Waals surface area contributed by atoms with Gasteiger partial charge in [-0.2, -0.15) is 0 Å². The number of nitrogens with zero attached hydrogens (tertiary/aromatic N) is 1. The van der Waals surface area contributed by atoms with Crippen LogP contribution in [0.2, 0.25) is 0 Å². The second-order valence-electron chi connectivity index (χ2n) is 3.45. The number of hydrogen-bond acceptors (Lipinski definition) is 2. The number of thioether (sulfide) groups is 1. The summed E-state index contributed by atoms with van der Waals surface area (Å²) in [6.45, 7) is 0. The van der Waals surface area contributed by atoms with Crippen molar-refractivity contribution < 1.29 is 4.79 Å². The zero-order valence-electron chi connectivity index (χ0n) is 7.46. The lowest BCUT2D eigenvalue weighted by Crippen LogP contribution is -2.52. The van der Waals surface area contributed by atoms with Crippen LogP contribution >= 0.6 is 11.8 Å². The van der Waals surface area contributed by atoms with E-state index in [0.717, 1.165) is 5.56 Å². The fourth-order valence-electron chi connectivity index (χ4n) is 1.94. The summed E-state index contributed by atoms with van der Waals surface area (Å²) in [6.07, 6.45) is 1.87.